The Kier molecular flexibility index (Phi) is 2.93. The van der Waals surface area contributed by atoms with Crippen molar-refractivity contribution in [3.05, 3.63) is 11.6 Å². The molecule has 8 atom stereocenters. The second-order valence-electron chi connectivity index (χ2n) is 9.94. The van der Waals surface area contributed by atoms with Gasteiger partial charge in [-0.1, -0.05) is 12.5 Å². The first-order chi connectivity index (χ1) is 11.3. The van der Waals surface area contributed by atoms with Gasteiger partial charge in [-0.2, -0.15) is 0 Å². The molecule has 0 aromatic carbocycles. The zero-order valence-corrected chi connectivity index (χ0v) is 14.9. The van der Waals surface area contributed by atoms with Crippen LogP contribution in [0.25, 0.3) is 0 Å². The van der Waals surface area contributed by atoms with Crippen LogP contribution in [0.2, 0.25) is 0 Å². The number of halogens is 1. The molecule has 0 heterocycles. The zero-order valence-electron chi connectivity index (χ0n) is 14.9. The molecule has 24 heavy (non-hydrogen) atoms. The largest absolute Gasteiger partial charge is 0.396 e. The van der Waals surface area contributed by atoms with E-state index in [2.05, 4.69) is 6.92 Å². The summed E-state index contributed by atoms with van der Waals surface area (Å²) in [7, 11) is 0. The molecule has 3 heteroatoms. The highest BCUT2D eigenvalue weighted by atomic mass is 19.1. The molecule has 1 N–H and O–H groups in total. The predicted molar refractivity (Wildman–Crippen MR) is 90.0 cm³/mol. The molecule has 1 spiro atoms. The van der Waals surface area contributed by atoms with Crippen LogP contribution in [0, 0.1) is 40.4 Å². The van der Waals surface area contributed by atoms with Gasteiger partial charge in [-0.3, -0.25) is 4.79 Å². The summed E-state index contributed by atoms with van der Waals surface area (Å²) in [5.74, 6) is 2.14. The molecule has 0 aromatic heterocycles. The molecule has 2 nitrogen and oxygen atoms in total. The van der Waals surface area contributed by atoms with E-state index >= 15 is 4.39 Å². The summed E-state index contributed by atoms with van der Waals surface area (Å²) < 4.78 is 16.0. The maximum absolute atomic E-state index is 16.0. The standard InChI is InChI=1S/C21H29FO2/c1-19-6-5-17-16-4-3-15(24)7-12(16)9-20(2,22)18(17)21(19)10-13(21)8-14(19)11-23/h7,13-14,16-18,23H,3-6,8-11H2,1-2H3/t13?,14?,16-,17+,18-,19+,20?,21?/m0/s1. The van der Waals surface area contributed by atoms with Crippen LogP contribution in [0.1, 0.15) is 58.8 Å². The molecule has 5 aliphatic rings. The van der Waals surface area contributed by atoms with Crippen LogP contribution in [0.5, 0.6) is 0 Å². The number of carbonyl (C=O) groups is 1. The zero-order chi connectivity index (χ0) is 16.9. The fourth-order valence-electron chi connectivity index (χ4n) is 8.26. The SMILES string of the molecule is CC1(F)CC2=CC(=O)CC[C@@H]2[C@H]2CC[C@]3(C)C(CO)CC4CC43[C@@H]21. The average molecular weight is 332 g/mol. The van der Waals surface area contributed by atoms with Crippen molar-refractivity contribution in [2.75, 3.05) is 6.61 Å². The summed E-state index contributed by atoms with van der Waals surface area (Å²) in [4.78, 5) is 11.8. The first-order valence-corrected chi connectivity index (χ1v) is 9.86. The molecule has 0 aromatic rings. The average Bonchev–Trinajstić information content (AvgIpc) is 3.16. The Bertz CT molecular complexity index is 638. The topological polar surface area (TPSA) is 37.3 Å². The van der Waals surface area contributed by atoms with Gasteiger partial charge in [0.25, 0.3) is 0 Å². The maximum Gasteiger partial charge on any atom is 0.155 e. The third-order valence-electron chi connectivity index (χ3n) is 9.13. The molecule has 4 saturated carbocycles. The van der Waals surface area contributed by atoms with Crippen LogP contribution >= 0.6 is 0 Å². The number of allylic oxidation sites excluding steroid dienone is 1. The molecule has 0 bridgehead atoms. The number of hydrogen-bond acceptors (Lipinski definition) is 2. The molecule has 0 radical (unpaired) electrons. The summed E-state index contributed by atoms with van der Waals surface area (Å²) in [5, 5.41) is 9.91. The van der Waals surface area contributed by atoms with Crippen molar-refractivity contribution in [1.29, 1.82) is 0 Å². The van der Waals surface area contributed by atoms with Gasteiger partial charge in [-0.15, -0.1) is 0 Å². The van der Waals surface area contributed by atoms with E-state index in [0.29, 0.717) is 36.5 Å². The quantitative estimate of drug-likeness (QED) is 0.786. The Labute approximate surface area is 143 Å². The number of carbonyl (C=O) groups excluding carboxylic acids is 1. The smallest absolute Gasteiger partial charge is 0.155 e. The molecule has 132 valence electrons. The highest BCUT2D eigenvalue weighted by Gasteiger charge is 2.79. The van der Waals surface area contributed by atoms with Crippen molar-refractivity contribution >= 4 is 5.78 Å². The van der Waals surface area contributed by atoms with Crippen LogP contribution in [0.4, 0.5) is 4.39 Å². The van der Waals surface area contributed by atoms with Gasteiger partial charge in [0.2, 0.25) is 0 Å². The molecule has 0 saturated heterocycles. The van der Waals surface area contributed by atoms with Crippen molar-refractivity contribution < 1.29 is 14.3 Å². The minimum Gasteiger partial charge on any atom is -0.396 e. The molecule has 4 unspecified atom stereocenters. The Morgan fingerprint density at radius 2 is 2.12 bits per heavy atom. The van der Waals surface area contributed by atoms with E-state index < -0.39 is 5.67 Å². The third kappa shape index (κ3) is 1.63. The van der Waals surface area contributed by atoms with Crippen molar-refractivity contribution in [3.8, 4) is 0 Å². The van der Waals surface area contributed by atoms with E-state index in [1.54, 1.807) is 6.08 Å². The molecular weight excluding hydrogens is 303 g/mol. The second-order valence-corrected chi connectivity index (χ2v) is 9.94. The van der Waals surface area contributed by atoms with Crippen LogP contribution < -0.4 is 0 Å². The molecule has 0 amide bonds. The summed E-state index contributed by atoms with van der Waals surface area (Å²) in [6, 6.07) is 0. The van der Waals surface area contributed by atoms with Gasteiger partial charge in [-0.05, 0) is 79.6 Å². The first kappa shape index (κ1) is 15.5. The van der Waals surface area contributed by atoms with Crippen LogP contribution in [-0.4, -0.2) is 23.2 Å². The lowest BCUT2D eigenvalue weighted by atomic mass is 9.46. The monoisotopic (exact) mass is 332 g/mol. The maximum atomic E-state index is 16.0. The lowest BCUT2D eigenvalue weighted by Crippen LogP contribution is -2.57. The third-order valence-corrected chi connectivity index (χ3v) is 9.13. The fourth-order valence-corrected chi connectivity index (χ4v) is 8.26. The van der Waals surface area contributed by atoms with E-state index in [4.69, 9.17) is 0 Å². The number of fused-ring (bicyclic) bond motifs is 3. The number of ketones is 1. The Morgan fingerprint density at radius 1 is 1.33 bits per heavy atom. The van der Waals surface area contributed by atoms with E-state index in [9.17, 15) is 9.90 Å². The molecule has 4 fully saturated rings. The summed E-state index contributed by atoms with van der Waals surface area (Å²) in [6.07, 6.45) is 8.29. The van der Waals surface area contributed by atoms with Crippen molar-refractivity contribution in [2.45, 2.75) is 64.5 Å². The van der Waals surface area contributed by atoms with Gasteiger partial charge in [0.1, 0.15) is 5.67 Å². The van der Waals surface area contributed by atoms with Gasteiger partial charge >= 0.3 is 0 Å². The number of aliphatic hydroxyl groups is 1. The number of rotatable bonds is 1. The van der Waals surface area contributed by atoms with Crippen LogP contribution in [0.15, 0.2) is 11.6 Å². The molecule has 0 aliphatic heterocycles. The van der Waals surface area contributed by atoms with Crippen LogP contribution in [-0.2, 0) is 4.79 Å². The Morgan fingerprint density at radius 3 is 2.88 bits per heavy atom. The minimum absolute atomic E-state index is 0.118. The summed E-state index contributed by atoms with van der Waals surface area (Å²) in [6.45, 7) is 4.42. The van der Waals surface area contributed by atoms with Gasteiger partial charge in [0, 0.05) is 25.4 Å². The van der Waals surface area contributed by atoms with Gasteiger partial charge in [-0.25, -0.2) is 4.39 Å². The minimum atomic E-state index is -1.20. The lowest BCUT2D eigenvalue weighted by Gasteiger charge is -2.59. The van der Waals surface area contributed by atoms with E-state index in [1.807, 2.05) is 6.92 Å². The van der Waals surface area contributed by atoms with Crippen molar-refractivity contribution in [3.63, 3.8) is 0 Å². The normalized spacial score (nSPS) is 58.2. The molecular formula is C21H29FO2. The number of alkyl halides is 1. The van der Waals surface area contributed by atoms with E-state index in [1.165, 1.54) is 6.42 Å². The van der Waals surface area contributed by atoms with E-state index in [0.717, 1.165) is 31.3 Å². The van der Waals surface area contributed by atoms with Gasteiger partial charge < -0.3 is 5.11 Å². The summed E-state index contributed by atoms with van der Waals surface area (Å²) >= 11 is 0. The lowest BCUT2D eigenvalue weighted by molar-refractivity contribution is -0.131. The highest BCUT2D eigenvalue weighted by molar-refractivity contribution is 5.91. The van der Waals surface area contributed by atoms with Crippen LogP contribution in [0.3, 0.4) is 0 Å². The molecule has 5 rings (SSSR count). The van der Waals surface area contributed by atoms with Gasteiger partial charge in [0.15, 0.2) is 5.78 Å². The first-order valence-electron chi connectivity index (χ1n) is 9.86. The van der Waals surface area contributed by atoms with Crippen molar-refractivity contribution in [2.24, 2.45) is 40.4 Å². The Balaban J connectivity index is 1.59. The van der Waals surface area contributed by atoms with E-state index in [-0.39, 0.29) is 29.1 Å². The second kappa shape index (κ2) is 4.52. The summed E-state index contributed by atoms with van der Waals surface area (Å²) in [5.41, 5.74) is 0.143. The predicted octanol–water partition coefficient (Wildman–Crippen LogP) is 4.07. The molecule has 5 aliphatic carbocycles. The van der Waals surface area contributed by atoms with Crippen molar-refractivity contribution in [1.82, 2.24) is 0 Å². The number of hydrogen-bond donors (Lipinski definition) is 1. The van der Waals surface area contributed by atoms with Gasteiger partial charge in [0.05, 0.1) is 0 Å². The Hall–Kier alpha value is -0.700. The fraction of sp³-hybridized carbons (Fsp3) is 0.857. The number of aliphatic hydroxyl groups excluding tert-OH is 1. The highest BCUT2D eigenvalue weighted by Crippen LogP contribution is 2.84.